The van der Waals surface area contributed by atoms with E-state index in [9.17, 15) is 14.0 Å². The number of nitrogens with one attached hydrogen (secondary N) is 2. The van der Waals surface area contributed by atoms with Crippen LogP contribution in [0.3, 0.4) is 0 Å². The van der Waals surface area contributed by atoms with Crippen LogP contribution in [-0.4, -0.2) is 16.4 Å². The molecule has 196 valence electrons. The van der Waals surface area contributed by atoms with Gasteiger partial charge in [0.2, 0.25) is 5.91 Å². The van der Waals surface area contributed by atoms with E-state index < -0.39 is 0 Å². The molecule has 0 saturated carbocycles. The summed E-state index contributed by atoms with van der Waals surface area (Å²) < 4.78 is 15.2. The molecule has 0 saturated heterocycles. The van der Waals surface area contributed by atoms with Gasteiger partial charge in [-0.25, -0.2) is 4.39 Å². The minimum atomic E-state index is -0.335. The summed E-state index contributed by atoms with van der Waals surface area (Å²) in [6, 6.07) is 29.6. The van der Waals surface area contributed by atoms with Crippen LogP contribution in [0.2, 0.25) is 0 Å². The summed E-state index contributed by atoms with van der Waals surface area (Å²) in [7, 11) is 0. The zero-order chi connectivity index (χ0) is 27.4. The third-order valence-corrected chi connectivity index (χ3v) is 6.82. The molecule has 1 heterocycles. The number of benzene rings is 4. The lowest BCUT2D eigenvalue weighted by atomic mass is 10.1. The van der Waals surface area contributed by atoms with Crippen LogP contribution in [-0.2, 0) is 24.3 Å². The summed E-state index contributed by atoms with van der Waals surface area (Å²) in [5, 5.41) is 6.83. The monoisotopic (exact) mass is 519 g/mol. The zero-order valence-electron chi connectivity index (χ0n) is 22.0. The number of amides is 2. The van der Waals surface area contributed by atoms with Crippen LogP contribution in [0.1, 0.15) is 38.3 Å². The molecular weight excluding hydrogens is 489 g/mol. The molecule has 5 rings (SSSR count). The van der Waals surface area contributed by atoms with Gasteiger partial charge >= 0.3 is 0 Å². The first-order valence-electron chi connectivity index (χ1n) is 12.9. The number of anilines is 1. The van der Waals surface area contributed by atoms with Crippen LogP contribution in [0.5, 0.6) is 0 Å². The Bertz CT molecular complexity index is 1640. The van der Waals surface area contributed by atoms with Gasteiger partial charge in [-0.3, -0.25) is 9.59 Å². The molecule has 4 aromatic carbocycles. The van der Waals surface area contributed by atoms with E-state index in [2.05, 4.69) is 42.7 Å². The van der Waals surface area contributed by atoms with Gasteiger partial charge in [0.1, 0.15) is 11.5 Å². The van der Waals surface area contributed by atoms with Crippen LogP contribution in [0.15, 0.2) is 97.1 Å². The van der Waals surface area contributed by atoms with Gasteiger partial charge in [-0.05, 0) is 72.5 Å². The predicted molar refractivity (Wildman–Crippen MR) is 153 cm³/mol. The lowest BCUT2D eigenvalue weighted by Crippen LogP contribution is -2.25. The average molecular weight is 520 g/mol. The number of hydrogen-bond acceptors (Lipinski definition) is 2. The molecule has 5 nitrogen and oxygen atoms in total. The Morgan fingerprint density at radius 2 is 1.59 bits per heavy atom. The smallest absolute Gasteiger partial charge is 0.268 e. The Balaban J connectivity index is 1.43. The highest BCUT2D eigenvalue weighted by molar-refractivity contribution is 6.01. The van der Waals surface area contributed by atoms with Gasteiger partial charge in [-0.15, -0.1) is 0 Å². The lowest BCUT2D eigenvalue weighted by molar-refractivity contribution is -0.115. The molecule has 6 heteroatoms. The number of hydrogen-bond donors (Lipinski definition) is 2. The molecule has 0 atom stereocenters. The topological polar surface area (TPSA) is 63.1 Å². The van der Waals surface area contributed by atoms with Crippen molar-refractivity contribution in [3.63, 3.8) is 0 Å². The van der Waals surface area contributed by atoms with Gasteiger partial charge in [-0.1, -0.05) is 66.2 Å². The second-order valence-corrected chi connectivity index (χ2v) is 9.84. The van der Waals surface area contributed by atoms with E-state index in [1.807, 2.05) is 59.2 Å². The predicted octanol–water partition coefficient (Wildman–Crippen LogP) is 6.56. The van der Waals surface area contributed by atoms with Gasteiger partial charge in [-0.2, -0.15) is 0 Å². The molecule has 0 aliphatic rings. The maximum absolute atomic E-state index is 13.4. The molecule has 0 aliphatic carbocycles. The van der Waals surface area contributed by atoms with Crippen molar-refractivity contribution in [1.82, 2.24) is 9.88 Å². The summed E-state index contributed by atoms with van der Waals surface area (Å²) in [4.78, 5) is 26.1. The first-order valence-corrected chi connectivity index (χ1v) is 12.9. The molecule has 0 spiro atoms. The summed E-state index contributed by atoms with van der Waals surface area (Å²) in [6.07, 6.45) is 0.138. The molecule has 0 aliphatic heterocycles. The summed E-state index contributed by atoms with van der Waals surface area (Å²) in [5.74, 6) is -0.697. The number of rotatable bonds is 8. The fourth-order valence-electron chi connectivity index (χ4n) is 4.71. The third-order valence-electron chi connectivity index (χ3n) is 6.82. The molecular formula is C33H30FN3O2. The van der Waals surface area contributed by atoms with Crippen molar-refractivity contribution in [3.05, 3.63) is 136 Å². The molecule has 39 heavy (non-hydrogen) atoms. The van der Waals surface area contributed by atoms with E-state index >= 15 is 0 Å². The minimum absolute atomic E-state index is 0.138. The number of fused-ring (bicyclic) bond motifs is 1. The van der Waals surface area contributed by atoms with Gasteiger partial charge in [0.05, 0.1) is 6.42 Å². The Hall–Kier alpha value is -4.71. The van der Waals surface area contributed by atoms with E-state index in [1.54, 1.807) is 12.1 Å². The van der Waals surface area contributed by atoms with Crippen molar-refractivity contribution in [2.45, 2.75) is 33.4 Å². The first-order chi connectivity index (χ1) is 18.9. The van der Waals surface area contributed by atoms with Crippen LogP contribution in [0, 0.1) is 19.7 Å². The standard InChI is InChI=1S/C33H30FN3O2/c1-22-8-9-23(2)27(16-22)21-37-30-15-14-29(36-32(38)17-24-10-12-28(34)13-11-24)18-26(30)19-31(37)33(39)35-20-25-6-4-3-5-7-25/h3-16,18-19H,17,20-21H2,1-2H3,(H,35,39)(H,36,38). The minimum Gasteiger partial charge on any atom is -0.347 e. The first kappa shape index (κ1) is 25.9. The van der Waals surface area contributed by atoms with Crippen molar-refractivity contribution in [1.29, 1.82) is 0 Å². The highest BCUT2D eigenvalue weighted by Gasteiger charge is 2.17. The number of aryl methyl sites for hydroxylation is 2. The van der Waals surface area contributed by atoms with E-state index in [0.717, 1.165) is 38.7 Å². The number of nitrogens with zero attached hydrogens (tertiary/aromatic N) is 1. The number of halogens is 1. The van der Waals surface area contributed by atoms with Crippen LogP contribution in [0.4, 0.5) is 10.1 Å². The van der Waals surface area contributed by atoms with Gasteiger partial charge < -0.3 is 15.2 Å². The van der Waals surface area contributed by atoms with Gasteiger partial charge in [0.15, 0.2) is 0 Å². The van der Waals surface area contributed by atoms with E-state index in [4.69, 9.17) is 0 Å². The normalized spacial score (nSPS) is 10.9. The SMILES string of the molecule is Cc1ccc(C)c(Cn2c(C(=O)NCc3ccccc3)cc3cc(NC(=O)Cc4ccc(F)cc4)ccc32)c1. The fourth-order valence-corrected chi connectivity index (χ4v) is 4.71. The Morgan fingerprint density at radius 1 is 0.821 bits per heavy atom. The summed E-state index contributed by atoms with van der Waals surface area (Å²) >= 11 is 0. The lowest BCUT2D eigenvalue weighted by Gasteiger charge is -2.14. The Morgan fingerprint density at radius 3 is 2.36 bits per heavy atom. The van der Waals surface area contributed by atoms with Crippen molar-refractivity contribution >= 4 is 28.4 Å². The molecule has 0 unspecified atom stereocenters. The van der Waals surface area contributed by atoms with Crippen LogP contribution >= 0.6 is 0 Å². The van der Waals surface area contributed by atoms with Crippen molar-refractivity contribution < 1.29 is 14.0 Å². The quantitative estimate of drug-likeness (QED) is 0.244. The molecule has 0 bridgehead atoms. The zero-order valence-corrected chi connectivity index (χ0v) is 22.0. The molecule has 0 fully saturated rings. The summed E-state index contributed by atoms with van der Waals surface area (Å²) in [6.45, 7) is 5.10. The average Bonchev–Trinajstić information content (AvgIpc) is 3.28. The van der Waals surface area contributed by atoms with E-state index in [1.165, 1.54) is 12.1 Å². The molecule has 5 aromatic rings. The Labute approximate surface area is 227 Å². The maximum atomic E-state index is 13.4. The van der Waals surface area contributed by atoms with E-state index in [0.29, 0.717) is 24.5 Å². The molecule has 2 N–H and O–H groups in total. The van der Waals surface area contributed by atoms with E-state index in [-0.39, 0.29) is 24.1 Å². The van der Waals surface area contributed by atoms with Gasteiger partial charge in [0, 0.05) is 29.7 Å². The second kappa shape index (κ2) is 11.4. The molecule has 0 radical (unpaired) electrons. The van der Waals surface area contributed by atoms with Crippen molar-refractivity contribution in [2.24, 2.45) is 0 Å². The summed E-state index contributed by atoms with van der Waals surface area (Å²) in [5.41, 5.74) is 7.29. The van der Waals surface area contributed by atoms with Crippen molar-refractivity contribution in [2.75, 3.05) is 5.32 Å². The fraction of sp³-hybridized carbons (Fsp3) is 0.152. The Kier molecular flexibility index (Phi) is 7.55. The maximum Gasteiger partial charge on any atom is 0.268 e. The van der Waals surface area contributed by atoms with Crippen molar-refractivity contribution in [3.8, 4) is 0 Å². The number of carbonyl (C=O) groups is 2. The largest absolute Gasteiger partial charge is 0.347 e. The number of carbonyl (C=O) groups excluding carboxylic acids is 2. The molecule has 1 aromatic heterocycles. The number of aromatic nitrogens is 1. The molecule has 2 amide bonds. The third kappa shape index (κ3) is 6.24. The van der Waals surface area contributed by atoms with Crippen LogP contribution < -0.4 is 10.6 Å². The highest BCUT2D eigenvalue weighted by Crippen LogP contribution is 2.26. The highest BCUT2D eigenvalue weighted by atomic mass is 19.1. The van der Waals surface area contributed by atoms with Gasteiger partial charge in [0.25, 0.3) is 5.91 Å². The second-order valence-electron chi connectivity index (χ2n) is 9.84. The van der Waals surface area contributed by atoms with Crippen LogP contribution in [0.25, 0.3) is 10.9 Å².